The molecule has 0 fully saturated rings. The fourth-order valence-corrected chi connectivity index (χ4v) is 5.02. The lowest BCUT2D eigenvalue weighted by atomic mass is 10.1. The number of amides is 1. The van der Waals surface area contributed by atoms with Crippen LogP contribution in [0.5, 0.6) is 11.5 Å². The number of aryl methyl sites for hydroxylation is 1. The van der Waals surface area contributed by atoms with Gasteiger partial charge in [0.25, 0.3) is 0 Å². The normalized spacial score (nSPS) is 11.0. The fraction of sp³-hybridized carbons (Fsp3) is 0.222. The Morgan fingerprint density at radius 3 is 2.79 bits per heavy atom. The van der Waals surface area contributed by atoms with Crippen LogP contribution < -0.4 is 14.8 Å². The number of aromatic nitrogens is 4. The lowest BCUT2D eigenvalue weighted by Crippen LogP contribution is -2.14. The van der Waals surface area contributed by atoms with Gasteiger partial charge in [0.1, 0.15) is 11.5 Å². The minimum atomic E-state index is -0.142. The molecule has 0 bridgehead atoms. The van der Waals surface area contributed by atoms with E-state index >= 15 is 0 Å². The number of rotatable bonds is 7. The number of methoxy groups -OCH3 is 2. The smallest absolute Gasteiger partial charge is 0.236 e. The van der Waals surface area contributed by atoms with Crippen LogP contribution >= 0.6 is 34.4 Å². The Kier molecular flexibility index (Phi) is 5.69. The van der Waals surface area contributed by atoms with E-state index < -0.39 is 0 Å². The van der Waals surface area contributed by atoms with E-state index in [4.69, 9.17) is 9.47 Å². The number of carbonyl (C=O) groups is 1. The number of hydrogen-bond donors (Lipinski definition) is 1. The third kappa shape index (κ3) is 4.07. The Morgan fingerprint density at radius 1 is 1.21 bits per heavy atom. The molecule has 0 spiro atoms. The Balaban J connectivity index is 1.59. The van der Waals surface area contributed by atoms with Crippen molar-refractivity contribution in [3.63, 3.8) is 0 Å². The molecule has 0 radical (unpaired) electrons. The van der Waals surface area contributed by atoms with Gasteiger partial charge in [0.05, 0.1) is 31.4 Å². The number of anilines is 1. The van der Waals surface area contributed by atoms with Crippen LogP contribution in [-0.2, 0) is 4.79 Å². The third-order valence-corrected chi connectivity index (χ3v) is 6.62. The van der Waals surface area contributed by atoms with Crippen molar-refractivity contribution in [2.24, 2.45) is 0 Å². The number of nitrogens with one attached hydrogen (secondary N) is 1. The first-order valence-electron chi connectivity index (χ1n) is 8.49. The summed E-state index contributed by atoms with van der Waals surface area (Å²) in [7, 11) is 3.25. The van der Waals surface area contributed by atoms with Gasteiger partial charge in [-0.05, 0) is 25.1 Å². The molecule has 3 heterocycles. The van der Waals surface area contributed by atoms with Crippen LogP contribution in [0.3, 0.4) is 0 Å². The zero-order chi connectivity index (χ0) is 20.4. The molecule has 8 nitrogen and oxygen atoms in total. The number of benzene rings is 1. The lowest BCUT2D eigenvalue weighted by Gasteiger charge is -2.10. The summed E-state index contributed by atoms with van der Waals surface area (Å²) in [5.74, 6) is 1.49. The number of hydrogen-bond acceptors (Lipinski definition) is 9. The van der Waals surface area contributed by atoms with Gasteiger partial charge in [-0.2, -0.15) is 0 Å². The van der Waals surface area contributed by atoms with E-state index in [1.807, 2.05) is 40.3 Å². The second-order valence-electron chi connectivity index (χ2n) is 5.92. The van der Waals surface area contributed by atoms with E-state index in [0.29, 0.717) is 16.0 Å². The average molecular weight is 448 g/mol. The molecule has 1 amide bonds. The summed E-state index contributed by atoms with van der Waals surface area (Å²) in [5, 5.41) is 16.4. The van der Waals surface area contributed by atoms with Crippen LogP contribution in [0.1, 0.15) is 5.69 Å². The molecule has 0 saturated heterocycles. The summed E-state index contributed by atoms with van der Waals surface area (Å²) < 4.78 is 12.8. The highest BCUT2D eigenvalue weighted by atomic mass is 32.2. The molecule has 3 aromatic heterocycles. The van der Waals surface area contributed by atoms with Crippen molar-refractivity contribution in [2.75, 3.05) is 25.3 Å². The summed E-state index contributed by atoms with van der Waals surface area (Å²) in [6.07, 6.45) is 0. The van der Waals surface area contributed by atoms with Crippen LogP contribution in [0, 0.1) is 6.92 Å². The van der Waals surface area contributed by atoms with Gasteiger partial charge in [-0.15, -0.1) is 32.9 Å². The maximum atomic E-state index is 12.3. The average Bonchev–Trinajstić information content (AvgIpc) is 3.43. The standard InChI is InChI=1S/C18H17N5O3S3/c1-10-7-27-16(19-10)20-15(24)9-29-18-22-21-17-23(18)13(8-28-17)12-6-11(25-2)4-5-14(12)26-3/h4-8H,9H2,1-3H3,(H,19,20,24). The van der Waals surface area contributed by atoms with E-state index in [1.54, 1.807) is 14.2 Å². The molecule has 11 heteroatoms. The third-order valence-electron chi connectivity index (χ3n) is 4.00. The summed E-state index contributed by atoms with van der Waals surface area (Å²) in [5.41, 5.74) is 2.62. The Hall–Kier alpha value is -2.63. The van der Waals surface area contributed by atoms with Crippen molar-refractivity contribution in [1.29, 1.82) is 0 Å². The largest absolute Gasteiger partial charge is 0.497 e. The van der Waals surface area contributed by atoms with Crippen molar-refractivity contribution in [3.05, 3.63) is 34.7 Å². The topological polar surface area (TPSA) is 90.6 Å². The van der Waals surface area contributed by atoms with Crippen LogP contribution in [0.2, 0.25) is 0 Å². The molecule has 4 aromatic rings. The van der Waals surface area contributed by atoms with E-state index in [1.165, 1.54) is 34.4 Å². The van der Waals surface area contributed by atoms with Crippen molar-refractivity contribution in [1.82, 2.24) is 19.6 Å². The summed E-state index contributed by atoms with van der Waals surface area (Å²) >= 11 is 4.19. The summed E-state index contributed by atoms with van der Waals surface area (Å²) in [6.45, 7) is 1.89. The van der Waals surface area contributed by atoms with E-state index in [9.17, 15) is 4.79 Å². The monoisotopic (exact) mass is 447 g/mol. The quantitative estimate of drug-likeness (QED) is 0.429. The lowest BCUT2D eigenvalue weighted by molar-refractivity contribution is -0.113. The molecule has 0 atom stereocenters. The van der Waals surface area contributed by atoms with Gasteiger partial charge in [0.15, 0.2) is 10.3 Å². The maximum absolute atomic E-state index is 12.3. The zero-order valence-electron chi connectivity index (χ0n) is 15.8. The Bertz CT molecular complexity index is 1170. The molecule has 0 unspecified atom stereocenters. The van der Waals surface area contributed by atoms with Gasteiger partial charge < -0.3 is 14.8 Å². The number of thiazole rings is 2. The van der Waals surface area contributed by atoms with Crippen LogP contribution in [0.4, 0.5) is 5.13 Å². The second-order valence-corrected chi connectivity index (χ2v) is 8.56. The van der Waals surface area contributed by atoms with Crippen molar-refractivity contribution in [2.45, 2.75) is 12.1 Å². The highest BCUT2D eigenvalue weighted by molar-refractivity contribution is 7.99. The first kappa shape index (κ1) is 19.7. The number of nitrogens with zero attached hydrogens (tertiary/aromatic N) is 4. The van der Waals surface area contributed by atoms with Crippen LogP contribution in [-0.4, -0.2) is 45.5 Å². The summed E-state index contributed by atoms with van der Waals surface area (Å²) in [6, 6.07) is 5.61. The van der Waals surface area contributed by atoms with E-state index in [-0.39, 0.29) is 11.7 Å². The predicted octanol–water partition coefficient (Wildman–Crippen LogP) is 3.97. The molecule has 29 heavy (non-hydrogen) atoms. The van der Waals surface area contributed by atoms with Gasteiger partial charge in [0, 0.05) is 16.3 Å². The van der Waals surface area contributed by atoms with Gasteiger partial charge in [-0.25, -0.2) is 4.98 Å². The van der Waals surface area contributed by atoms with Crippen molar-refractivity contribution < 1.29 is 14.3 Å². The van der Waals surface area contributed by atoms with E-state index in [2.05, 4.69) is 20.5 Å². The minimum Gasteiger partial charge on any atom is -0.497 e. The Morgan fingerprint density at radius 2 is 2.07 bits per heavy atom. The number of ether oxygens (including phenoxy) is 2. The molecular weight excluding hydrogens is 430 g/mol. The molecule has 0 aliphatic rings. The van der Waals surface area contributed by atoms with E-state index in [0.717, 1.165) is 27.7 Å². The molecule has 150 valence electrons. The first-order chi connectivity index (χ1) is 14.1. The van der Waals surface area contributed by atoms with Crippen molar-refractivity contribution >= 4 is 50.4 Å². The van der Waals surface area contributed by atoms with Crippen molar-refractivity contribution in [3.8, 4) is 22.8 Å². The second kappa shape index (κ2) is 8.39. The zero-order valence-corrected chi connectivity index (χ0v) is 18.3. The SMILES string of the molecule is COc1ccc(OC)c(-c2csc3nnc(SCC(=O)Nc4nc(C)cs4)n23)c1. The maximum Gasteiger partial charge on any atom is 0.236 e. The summed E-state index contributed by atoms with van der Waals surface area (Å²) in [4.78, 5) is 17.3. The van der Waals surface area contributed by atoms with Crippen LogP contribution in [0.15, 0.2) is 34.1 Å². The minimum absolute atomic E-state index is 0.142. The first-order valence-corrected chi connectivity index (χ1v) is 11.2. The van der Waals surface area contributed by atoms with Gasteiger partial charge in [-0.3, -0.25) is 9.20 Å². The van der Waals surface area contributed by atoms with Gasteiger partial charge in [-0.1, -0.05) is 11.8 Å². The molecule has 1 aromatic carbocycles. The molecule has 1 N–H and O–H groups in total. The molecule has 4 rings (SSSR count). The fourth-order valence-electron chi connectivity index (χ4n) is 2.69. The molecule has 0 saturated carbocycles. The number of fused-ring (bicyclic) bond motifs is 1. The molecule has 0 aliphatic carbocycles. The van der Waals surface area contributed by atoms with Gasteiger partial charge >= 0.3 is 0 Å². The highest BCUT2D eigenvalue weighted by Gasteiger charge is 2.18. The van der Waals surface area contributed by atoms with Gasteiger partial charge in [0.2, 0.25) is 10.9 Å². The predicted molar refractivity (Wildman–Crippen MR) is 116 cm³/mol. The van der Waals surface area contributed by atoms with Crippen LogP contribution in [0.25, 0.3) is 16.2 Å². The number of carbonyl (C=O) groups excluding carboxylic acids is 1. The highest BCUT2D eigenvalue weighted by Crippen LogP contribution is 2.37. The molecular formula is C18H17N5O3S3. The Labute approximate surface area is 178 Å². The number of thioether (sulfide) groups is 1. The molecule has 0 aliphatic heterocycles.